The molecule has 0 unspecified atom stereocenters. The molecular weight excluding hydrogens is 396 g/mol. The van der Waals surface area contributed by atoms with Gasteiger partial charge < -0.3 is 15.5 Å². The summed E-state index contributed by atoms with van der Waals surface area (Å²) in [5.41, 5.74) is 11.5. The third-order valence-corrected chi connectivity index (χ3v) is 5.60. The lowest BCUT2D eigenvalue weighted by Crippen LogP contribution is -2.41. The highest BCUT2D eigenvalue weighted by atomic mass is 16.2. The van der Waals surface area contributed by atoms with E-state index in [1.165, 1.54) is 28.2 Å². The number of allylic oxidation sites excluding steroid dienone is 2. The fraction of sp³-hybridized carbons (Fsp3) is 0.407. The van der Waals surface area contributed by atoms with E-state index in [0.717, 1.165) is 25.9 Å². The zero-order valence-electron chi connectivity index (χ0n) is 20.3. The molecule has 0 saturated heterocycles. The first-order chi connectivity index (χ1) is 15.3. The maximum atomic E-state index is 12.2. The molecule has 0 spiro atoms. The van der Waals surface area contributed by atoms with Crippen LogP contribution in [0.15, 0.2) is 48.6 Å². The first-order valence-electron chi connectivity index (χ1n) is 11.4. The molecular formula is C27H39N4O+. The van der Waals surface area contributed by atoms with Gasteiger partial charge in [-0.1, -0.05) is 36.4 Å². The van der Waals surface area contributed by atoms with E-state index in [-0.39, 0.29) is 5.91 Å². The van der Waals surface area contributed by atoms with Gasteiger partial charge in [0.15, 0.2) is 11.4 Å². The van der Waals surface area contributed by atoms with Gasteiger partial charge in [0.25, 0.3) is 0 Å². The summed E-state index contributed by atoms with van der Waals surface area (Å²) >= 11 is 0. The van der Waals surface area contributed by atoms with Gasteiger partial charge in [0.05, 0.1) is 0 Å². The monoisotopic (exact) mass is 435 g/mol. The molecule has 0 fully saturated rings. The Hall–Kier alpha value is -2.92. The van der Waals surface area contributed by atoms with Gasteiger partial charge in [-0.2, -0.15) is 0 Å². The van der Waals surface area contributed by atoms with Gasteiger partial charge in [-0.3, -0.25) is 4.79 Å². The molecule has 2 rings (SSSR count). The van der Waals surface area contributed by atoms with Gasteiger partial charge in [0.2, 0.25) is 5.91 Å². The van der Waals surface area contributed by atoms with E-state index in [0.29, 0.717) is 13.0 Å². The number of amides is 1. The van der Waals surface area contributed by atoms with Crippen LogP contribution in [0, 0.1) is 13.8 Å². The van der Waals surface area contributed by atoms with E-state index in [2.05, 4.69) is 84.0 Å². The van der Waals surface area contributed by atoms with Crippen LogP contribution in [0.2, 0.25) is 0 Å². The predicted octanol–water partition coefficient (Wildman–Crippen LogP) is 3.97. The lowest BCUT2D eigenvalue weighted by molar-refractivity contribution is -0.708. The van der Waals surface area contributed by atoms with E-state index >= 15 is 0 Å². The fourth-order valence-electron chi connectivity index (χ4n) is 3.66. The van der Waals surface area contributed by atoms with Crippen molar-refractivity contribution in [3.8, 4) is 0 Å². The number of nitrogens with two attached hydrogens (primary N) is 1. The Bertz CT molecular complexity index is 906. The topological polar surface area (TPSA) is 53.5 Å². The molecule has 0 radical (unpaired) electrons. The van der Waals surface area contributed by atoms with E-state index in [9.17, 15) is 4.79 Å². The molecule has 1 heterocycles. The molecule has 5 heteroatoms. The van der Waals surface area contributed by atoms with Gasteiger partial charge in [-0.15, -0.1) is 0 Å². The molecule has 1 amide bonds. The molecule has 0 aliphatic rings. The molecule has 172 valence electrons. The summed E-state index contributed by atoms with van der Waals surface area (Å²) in [5, 5.41) is 0. The van der Waals surface area contributed by atoms with Gasteiger partial charge in [-0.05, 0) is 36.2 Å². The number of benzene rings is 1. The van der Waals surface area contributed by atoms with Gasteiger partial charge in [-0.25, -0.2) is 4.57 Å². The van der Waals surface area contributed by atoms with Crippen LogP contribution in [0.1, 0.15) is 41.8 Å². The van der Waals surface area contributed by atoms with Crippen molar-refractivity contribution in [2.24, 2.45) is 5.73 Å². The molecule has 2 aromatic rings. The number of anilines is 1. The van der Waals surface area contributed by atoms with Crippen LogP contribution < -0.4 is 15.2 Å². The lowest BCUT2D eigenvalue weighted by Gasteiger charge is -2.16. The largest absolute Gasteiger partial charge is 0.378 e. The maximum absolute atomic E-state index is 12.2. The second-order valence-electron chi connectivity index (χ2n) is 8.49. The Morgan fingerprint density at radius 1 is 0.938 bits per heavy atom. The smallest absolute Gasteiger partial charge is 0.222 e. The number of nitrogens with zero attached hydrogens (tertiary/aromatic N) is 3. The molecule has 1 aromatic heterocycles. The highest BCUT2D eigenvalue weighted by Gasteiger charge is 2.14. The second kappa shape index (κ2) is 12.8. The van der Waals surface area contributed by atoms with Crippen molar-refractivity contribution >= 4 is 23.7 Å². The lowest BCUT2D eigenvalue weighted by atomic mass is 10.1. The summed E-state index contributed by atoms with van der Waals surface area (Å²) in [7, 11) is 5.95. The van der Waals surface area contributed by atoms with Gasteiger partial charge in [0.1, 0.15) is 6.54 Å². The van der Waals surface area contributed by atoms with E-state index in [1.54, 1.807) is 4.90 Å². The summed E-state index contributed by atoms with van der Waals surface area (Å²) in [6.45, 7) is 6.45. The van der Waals surface area contributed by atoms with Crippen molar-refractivity contribution in [2.45, 2.75) is 39.7 Å². The van der Waals surface area contributed by atoms with E-state index in [1.807, 2.05) is 21.1 Å². The molecule has 0 atom stereocenters. The summed E-state index contributed by atoms with van der Waals surface area (Å²) in [6, 6.07) is 12.9. The van der Waals surface area contributed by atoms with Crippen LogP contribution >= 0.6 is 0 Å². The van der Waals surface area contributed by atoms with Crippen LogP contribution in [-0.2, 0) is 11.3 Å². The molecule has 0 bridgehead atoms. The minimum Gasteiger partial charge on any atom is -0.378 e. The number of aromatic nitrogens is 1. The second-order valence-corrected chi connectivity index (χ2v) is 8.49. The van der Waals surface area contributed by atoms with Crippen LogP contribution in [0.5, 0.6) is 0 Å². The van der Waals surface area contributed by atoms with Crippen molar-refractivity contribution in [2.75, 3.05) is 39.1 Å². The number of carbonyl (C=O) groups excluding carboxylic acids is 1. The molecule has 1 aromatic carbocycles. The first-order valence-corrected chi connectivity index (χ1v) is 11.4. The SMILES string of the molecule is Cc1cc(/C=C/C=C/c2ccc(N(C)C)cc2)cc(C)[n+]1CCCC(=O)N(C)CCCN. The van der Waals surface area contributed by atoms with Gasteiger partial charge in [0, 0.05) is 72.2 Å². The Morgan fingerprint density at radius 2 is 1.53 bits per heavy atom. The number of carbonyl (C=O) groups is 1. The number of pyridine rings is 1. The number of aryl methyl sites for hydroxylation is 2. The number of rotatable bonds is 11. The highest BCUT2D eigenvalue weighted by molar-refractivity contribution is 5.75. The normalized spacial score (nSPS) is 11.4. The highest BCUT2D eigenvalue weighted by Crippen LogP contribution is 2.13. The summed E-state index contributed by atoms with van der Waals surface area (Å²) in [4.78, 5) is 16.1. The summed E-state index contributed by atoms with van der Waals surface area (Å²) < 4.78 is 2.28. The first kappa shape index (κ1) is 25.3. The molecule has 0 aliphatic heterocycles. The molecule has 2 N–H and O–H groups in total. The molecule has 0 aliphatic carbocycles. The van der Waals surface area contributed by atoms with Crippen LogP contribution in [-0.4, -0.2) is 45.0 Å². The average molecular weight is 436 g/mol. The van der Waals surface area contributed by atoms with Crippen molar-refractivity contribution < 1.29 is 9.36 Å². The quantitative estimate of drug-likeness (QED) is 0.429. The molecule has 5 nitrogen and oxygen atoms in total. The molecule has 0 saturated carbocycles. The summed E-state index contributed by atoms with van der Waals surface area (Å²) in [5.74, 6) is 0.192. The minimum atomic E-state index is 0.192. The molecule has 32 heavy (non-hydrogen) atoms. The van der Waals surface area contributed by atoms with E-state index < -0.39 is 0 Å². The maximum Gasteiger partial charge on any atom is 0.222 e. The predicted molar refractivity (Wildman–Crippen MR) is 135 cm³/mol. The van der Waals surface area contributed by atoms with Crippen LogP contribution in [0.4, 0.5) is 5.69 Å². The van der Waals surface area contributed by atoms with Crippen molar-refractivity contribution in [3.05, 3.63) is 71.1 Å². The Balaban J connectivity index is 1.91. The Morgan fingerprint density at radius 3 is 2.09 bits per heavy atom. The van der Waals surface area contributed by atoms with Crippen molar-refractivity contribution in [1.29, 1.82) is 0 Å². The third-order valence-electron chi connectivity index (χ3n) is 5.60. The Labute approximate surface area is 193 Å². The standard InChI is InChI=1S/C27H39N4O/c1-22-20-25(11-7-6-10-24-13-15-26(16-14-24)29(3)4)21-23(2)31(22)19-8-12-27(32)30(5)18-9-17-28/h6-7,10-11,13-16,20-21H,8-9,12,17-19,28H2,1-5H3/q+1. The third kappa shape index (κ3) is 7.97. The number of hydrogen-bond donors (Lipinski definition) is 1. The van der Waals surface area contributed by atoms with E-state index in [4.69, 9.17) is 5.73 Å². The van der Waals surface area contributed by atoms with Crippen molar-refractivity contribution in [1.82, 2.24) is 4.90 Å². The minimum absolute atomic E-state index is 0.192. The Kier molecular flexibility index (Phi) is 10.2. The van der Waals surface area contributed by atoms with Crippen LogP contribution in [0.3, 0.4) is 0 Å². The average Bonchev–Trinajstić information content (AvgIpc) is 2.77. The van der Waals surface area contributed by atoms with Gasteiger partial charge >= 0.3 is 0 Å². The zero-order valence-corrected chi connectivity index (χ0v) is 20.3. The number of hydrogen-bond acceptors (Lipinski definition) is 3. The van der Waals surface area contributed by atoms with Crippen LogP contribution in [0.25, 0.3) is 12.2 Å². The summed E-state index contributed by atoms with van der Waals surface area (Å²) in [6.07, 6.45) is 10.6. The van der Waals surface area contributed by atoms with Crippen molar-refractivity contribution in [3.63, 3.8) is 0 Å². The fourth-order valence-corrected chi connectivity index (χ4v) is 3.66. The zero-order chi connectivity index (χ0) is 23.5.